The van der Waals surface area contributed by atoms with Crippen molar-refractivity contribution in [3.63, 3.8) is 0 Å². The van der Waals surface area contributed by atoms with E-state index in [1.807, 2.05) is 71.4 Å². The Labute approximate surface area is 299 Å². The Morgan fingerprint density at radius 1 is 0.918 bits per heavy atom. The van der Waals surface area contributed by atoms with Gasteiger partial charge in [-0.1, -0.05) is 111 Å². The molecule has 7 nitrogen and oxygen atoms in total. The summed E-state index contributed by atoms with van der Waals surface area (Å²) in [4.78, 5) is 28.7. The number of esters is 1. The van der Waals surface area contributed by atoms with Gasteiger partial charge in [0.1, 0.15) is 5.69 Å². The van der Waals surface area contributed by atoms with E-state index in [9.17, 15) is 9.59 Å². The number of benzene rings is 3. The Kier molecular flexibility index (Phi) is 11.9. The summed E-state index contributed by atoms with van der Waals surface area (Å²) >= 11 is 14.2. The molecule has 0 aliphatic rings. The first-order chi connectivity index (χ1) is 23.6. The van der Waals surface area contributed by atoms with Gasteiger partial charge in [-0.15, -0.1) is 0 Å². The number of nitrogens with zero attached hydrogens (tertiary/aromatic N) is 2. The van der Waals surface area contributed by atoms with Crippen molar-refractivity contribution < 1.29 is 18.8 Å². The van der Waals surface area contributed by atoms with Crippen molar-refractivity contribution in [1.82, 2.24) is 14.9 Å². The quantitative estimate of drug-likeness (QED) is 0.0833. The van der Waals surface area contributed by atoms with Gasteiger partial charge in [0.05, 0.1) is 30.0 Å². The summed E-state index contributed by atoms with van der Waals surface area (Å²) in [6, 6.07) is 31.5. The van der Waals surface area contributed by atoms with Crippen LogP contribution in [0.4, 0.5) is 0 Å². The third kappa shape index (κ3) is 8.96. The van der Waals surface area contributed by atoms with Crippen LogP contribution in [0.2, 0.25) is 10.0 Å². The lowest BCUT2D eigenvalue weighted by Crippen LogP contribution is -2.47. The number of nitrogens with one attached hydrogen (secondary N) is 1. The lowest BCUT2D eigenvalue weighted by atomic mass is 9.84. The highest BCUT2D eigenvalue weighted by molar-refractivity contribution is 6.80. The number of carbonyl (C=O) groups excluding carboxylic acids is 2. The van der Waals surface area contributed by atoms with E-state index in [1.165, 1.54) is 12.3 Å². The molecule has 0 saturated heterocycles. The van der Waals surface area contributed by atoms with Crippen LogP contribution >= 0.6 is 23.2 Å². The number of ether oxygens (including phenoxy) is 1. The van der Waals surface area contributed by atoms with Gasteiger partial charge in [0.15, 0.2) is 0 Å². The summed E-state index contributed by atoms with van der Waals surface area (Å²) in [5.74, 6) is -0.775. The molecule has 3 aromatic carbocycles. The van der Waals surface area contributed by atoms with Gasteiger partial charge < -0.3 is 19.0 Å². The molecule has 1 atom stereocenters. The van der Waals surface area contributed by atoms with Crippen LogP contribution in [-0.4, -0.2) is 37.1 Å². The van der Waals surface area contributed by atoms with Gasteiger partial charge in [0.25, 0.3) is 0 Å². The Balaban J connectivity index is 1.38. The molecule has 0 bridgehead atoms. The summed E-state index contributed by atoms with van der Waals surface area (Å²) in [7, 11) is -2.17. The van der Waals surface area contributed by atoms with E-state index < -0.39 is 21.1 Å². The number of halogens is 2. The van der Waals surface area contributed by atoms with Crippen molar-refractivity contribution in [3.05, 3.63) is 148 Å². The molecule has 252 valence electrons. The van der Waals surface area contributed by atoms with Crippen LogP contribution in [0, 0.1) is 5.41 Å². The molecular formula is C39H39Cl2N3O4Si. The summed E-state index contributed by atoms with van der Waals surface area (Å²) < 4.78 is 14.1. The van der Waals surface area contributed by atoms with Crippen molar-refractivity contribution in [3.8, 4) is 5.69 Å². The second kappa shape index (κ2) is 16.3. The molecule has 5 aromatic rings. The smallest absolute Gasteiger partial charge is 0.356 e. The molecule has 2 heterocycles. The van der Waals surface area contributed by atoms with Gasteiger partial charge in [-0.3, -0.25) is 4.79 Å². The third-order valence-corrected chi connectivity index (χ3v) is 11.1. The molecule has 2 aromatic heterocycles. The van der Waals surface area contributed by atoms with Gasteiger partial charge in [-0.05, 0) is 64.7 Å². The summed E-state index contributed by atoms with van der Waals surface area (Å²) in [5, 5.41) is 6.28. The fourth-order valence-electron chi connectivity index (χ4n) is 5.46. The fraction of sp³-hybridized carbons (Fsp3) is 0.205. The monoisotopic (exact) mass is 711 g/mol. The summed E-state index contributed by atoms with van der Waals surface area (Å²) in [6.45, 7) is 8.66. The number of amides is 1. The SMILES string of the molecule is CCOC(=O)c1ccc(C=CC(=O)NCc2cccn2-c2ccc(Cl)c(C(O[SiH](c3ccccc3)c3ccccc3)C(C)(C)C)c2Cl)cn1. The largest absolute Gasteiger partial charge is 0.461 e. The molecular weight excluding hydrogens is 673 g/mol. The number of carbonyl (C=O) groups is 2. The van der Waals surface area contributed by atoms with Crippen molar-refractivity contribution in [1.29, 1.82) is 0 Å². The van der Waals surface area contributed by atoms with Crippen LogP contribution < -0.4 is 15.7 Å². The minimum Gasteiger partial charge on any atom is -0.461 e. The van der Waals surface area contributed by atoms with Crippen molar-refractivity contribution >= 4 is 60.6 Å². The van der Waals surface area contributed by atoms with Crippen molar-refractivity contribution in [2.75, 3.05) is 6.61 Å². The highest BCUT2D eigenvalue weighted by Crippen LogP contribution is 2.45. The number of aromatic nitrogens is 2. The minimum absolute atomic E-state index is 0.211. The van der Waals surface area contributed by atoms with Gasteiger partial charge in [0, 0.05) is 34.7 Å². The van der Waals surface area contributed by atoms with E-state index in [2.05, 4.69) is 55.3 Å². The zero-order valence-electron chi connectivity index (χ0n) is 27.9. The molecule has 0 radical (unpaired) electrons. The highest BCUT2D eigenvalue weighted by atomic mass is 35.5. The van der Waals surface area contributed by atoms with Crippen LogP contribution in [0.5, 0.6) is 0 Å². The molecule has 0 spiro atoms. The van der Waals surface area contributed by atoms with Gasteiger partial charge in [0.2, 0.25) is 14.9 Å². The maximum absolute atomic E-state index is 12.8. The molecule has 1 unspecified atom stereocenters. The molecule has 0 aliphatic heterocycles. The summed E-state index contributed by atoms with van der Waals surface area (Å²) in [6.07, 6.45) is 6.06. The van der Waals surface area contributed by atoms with E-state index in [-0.39, 0.29) is 30.2 Å². The van der Waals surface area contributed by atoms with E-state index in [1.54, 1.807) is 25.1 Å². The third-order valence-electron chi connectivity index (χ3n) is 7.87. The van der Waals surface area contributed by atoms with Crippen LogP contribution in [0.15, 0.2) is 116 Å². The normalized spacial score (nSPS) is 12.3. The predicted octanol–water partition coefficient (Wildman–Crippen LogP) is 7.33. The molecule has 0 fully saturated rings. The number of pyridine rings is 1. The van der Waals surface area contributed by atoms with E-state index in [0.717, 1.165) is 27.3 Å². The molecule has 10 heteroatoms. The molecule has 5 rings (SSSR count). The molecule has 49 heavy (non-hydrogen) atoms. The second-order valence-corrected chi connectivity index (χ2v) is 15.6. The van der Waals surface area contributed by atoms with E-state index >= 15 is 0 Å². The number of rotatable bonds is 12. The molecule has 1 N–H and O–H groups in total. The molecule has 0 aliphatic carbocycles. The number of hydrogen-bond acceptors (Lipinski definition) is 5. The Morgan fingerprint density at radius 2 is 1.59 bits per heavy atom. The van der Waals surface area contributed by atoms with E-state index in [4.69, 9.17) is 32.4 Å². The maximum Gasteiger partial charge on any atom is 0.356 e. The lowest BCUT2D eigenvalue weighted by Gasteiger charge is -2.36. The first-order valence-corrected chi connectivity index (χ1v) is 18.4. The standard InChI is InChI=1S/C39H39Cl2N3O4Si/c1-5-47-38(46)32-21-18-27(25-42-32)19-23-34(45)43-26-28-13-12-24-44(28)33-22-20-31(40)35(36(33)41)37(39(2,3)4)48-49(29-14-8-6-9-15-29)30-16-10-7-11-17-30/h6-25,37,49H,5,26H2,1-4H3,(H,43,45). The van der Waals surface area contributed by atoms with Gasteiger partial charge in [-0.2, -0.15) is 0 Å². The second-order valence-electron chi connectivity index (χ2n) is 12.5. The zero-order chi connectivity index (χ0) is 35.0. The maximum atomic E-state index is 12.8. The van der Waals surface area contributed by atoms with Crippen molar-refractivity contribution in [2.24, 2.45) is 5.41 Å². The van der Waals surface area contributed by atoms with Gasteiger partial charge >= 0.3 is 5.97 Å². The Morgan fingerprint density at radius 3 is 2.18 bits per heavy atom. The van der Waals surface area contributed by atoms with Gasteiger partial charge in [-0.25, -0.2) is 9.78 Å². The highest BCUT2D eigenvalue weighted by Gasteiger charge is 2.35. The predicted molar refractivity (Wildman–Crippen MR) is 199 cm³/mol. The lowest BCUT2D eigenvalue weighted by molar-refractivity contribution is -0.116. The van der Waals surface area contributed by atoms with Crippen LogP contribution in [-0.2, 0) is 20.5 Å². The first kappa shape index (κ1) is 35.8. The van der Waals surface area contributed by atoms with E-state index in [0.29, 0.717) is 15.6 Å². The average Bonchev–Trinajstić information content (AvgIpc) is 3.56. The van der Waals surface area contributed by atoms with Crippen LogP contribution in [0.3, 0.4) is 0 Å². The van der Waals surface area contributed by atoms with Crippen LogP contribution in [0.1, 0.15) is 61.1 Å². The van der Waals surface area contributed by atoms with Crippen molar-refractivity contribution in [2.45, 2.75) is 40.3 Å². The first-order valence-electron chi connectivity index (χ1n) is 16.1. The van der Waals surface area contributed by atoms with Crippen LogP contribution in [0.25, 0.3) is 11.8 Å². The average molecular weight is 713 g/mol. The Bertz CT molecular complexity index is 1870. The molecule has 1 amide bonds. The zero-order valence-corrected chi connectivity index (χ0v) is 30.6. The topological polar surface area (TPSA) is 82.5 Å². The number of hydrogen-bond donors (Lipinski definition) is 1. The Hall–Kier alpha value is -4.47. The summed E-state index contributed by atoms with van der Waals surface area (Å²) in [5.41, 5.74) is 2.82. The fourth-order valence-corrected chi connectivity index (χ4v) is 8.78. The molecule has 0 saturated carbocycles. The minimum atomic E-state index is -2.17.